The first kappa shape index (κ1) is 13.7. The molecule has 1 heterocycles. The van der Waals surface area contributed by atoms with Crippen molar-refractivity contribution < 1.29 is 4.39 Å². The van der Waals surface area contributed by atoms with E-state index in [1.165, 1.54) is 6.07 Å². The Morgan fingerprint density at radius 1 is 1.33 bits per heavy atom. The van der Waals surface area contributed by atoms with Crippen molar-refractivity contribution in [3.63, 3.8) is 0 Å². The Hall–Kier alpha value is -0.740. The van der Waals surface area contributed by atoms with Crippen molar-refractivity contribution in [3.8, 4) is 0 Å². The lowest BCUT2D eigenvalue weighted by molar-refractivity contribution is 0.604. The number of halogens is 1. The smallest absolute Gasteiger partial charge is 0.146 e. The summed E-state index contributed by atoms with van der Waals surface area (Å²) < 4.78 is 14.1. The molecular formula is C14H21FN2S. The van der Waals surface area contributed by atoms with Crippen molar-refractivity contribution in [2.45, 2.75) is 37.3 Å². The van der Waals surface area contributed by atoms with Crippen molar-refractivity contribution >= 4 is 17.4 Å². The lowest BCUT2D eigenvalue weighted by atomic mass is 10.0. The van der Waals surface area contributed by atoms with E-state index in [-0.39, 0.29) is 11.9 Å². The SMILES string of the molecule is CC1CN(c2c(F)cccc2[C@H](C)N)CC(C)S1. The highest BCUT2D eigenvalue weighted by atomic mass is 32.2. The second-order valence-electron chi connectivity index (χ2n) is 5.13. The fourth-order valence-electron chi connectivity index (χ4n) is 2.59. The Morgan fingerprint density at radius 2 is 1.94 bits per heavy atom. The summed E-state index contributed by atoms with van der Waals surface area (Å²) >= 11 is 1.96. The molecule has 1 fully saturated rings. The fraction of sp³-hybridized carbons (Fsp3) is 0.571. The minimum atomic E-state index is -0.156. The van der Waals surface area contributed by atoms with Crippen LogP contribution in [0.25, 0.3) is 0 Å². The number of benzene rings is 1. The van der Waals surface area contributed by atoms with Gasteiger partial charge in [-0.1, -0.05) is 26.0 Å². The van der Waals surface area contributed by atoms with Gasteiger partial charge in [0.2, 0.25) is 0 Å². The van der Waals surface area contributed by atoms with Crippen LogP contribution in [0.1, 0.15) is 32.4 Å². The molecule has 0 spiro atoms. The Labute approximate surface area is 113 Å². The minimum Gasteiger partial charge on any atom is -0.367 e. The Kier molecular flexibility index (Phi) is 4.17. The quantitative estimate of drug-likeness (QED) is 0.893. The number of nitrogens with zero attached hydrogens (tertiary/aromatic N) is 1. The van der Waals surface area contributed by atoms with Gasteiger partial charge < -0.3 is 10.6 Å². The molecule has 1 aromatic rings. The number of anilines is 1. The summed E-state index contributed by atoms with van der Waals surface area (Å²) in [4.78, 5) is 2.15. The molecule has 4 heteroatoms. The molecule has 1 aliphatic rings. The highest BCUT2D eigenvalue weighted by Gasteiger charge is 2.26. The molecule has 2 rings (SSSR count). The van der Waals surface area contributed by atoms with Crippen LogP contribution in [0.2, 0.25) is 0 Å². The number of nitrogens with two attached hydrogens (primary N) is 1. The first-order chi connectivity index (χ1) is 8.49. The van der Waals surface area contributed by atoms with Crippen molar-refractivity contribution in [2.75, 3.05) is 18.0 Å². The molecule has 0 bridgehead atoms. The molecule has 3 atom stereocenters. The Balaban J connectivity index is 2.37. The van der Waals surface area contributed by atoms with E-state index in [2.05, 4.69) is 18.7 Å². The van der Waals surface area contributed by atoms with Crippen LogP contribution in [-0.4, -0.2) is 23.6 Å². The van der Waals surface area contributed by atoms with Gasteiger partial charge >= 0.3 is 0 Å². The van der Waals surface area contributed by atoms with E-state index in [1.807, 2.05) is 24.8 Å². The predicted octanol–water partition coefficient (Wildman–Crippen LogP) is 3.18. The average molecular weight is 268 g/mol. The van der Waals surface area contributed by atoms with Gasteiger partial charge in [0.1, 0.15) is 5.82 Å². The maximum absolute atomic E-state index is 14.1. The van der Waals surface area contributed by atoms with Gasteiger partial charge in [-0.2, -0.15) is 11.8 Å². The third-order valence-corrected chi connectivity index (χ3v) is 4.47. The molecule has 18 heavy (non-hydrogen) atoms. The second kappa shape index (κ2) is 5.49. The predicted molar refractivity (Wildman–Crippen MR) is 77.7 cm³/mol. The van der Waals surface area contributed by atoms with Gasteiger partial charge in [0.05, 0.1) is 5.69 Å². The molecule has 0 saturated carbocycles. The molecule has 0 radical (unpaired) electrons. The molecule has 2 unspecified atom stereocenters. The second-order valence-corrected chi connectivity index (χ2v) is 7.01. The molecule has 0 aromatic heterocycles. The summed E-state index contributed by atoms with van der Waals surface area (Å²) in [5.74, 6) is -0.156. The Morgan fingerprint density at radius 3 is 2.50 bits per heavy atom. The van der Waals surface area contributed by atoms with E-state index in [0.717, 1.165) is 18.7 Å². The molecule has 2 nitrogen and oxygen atoms in total. The maximum Gasteiger partial charge on any atom is 0.146 e. The van der Waals surface area contributed by atoms with Crippen molar-refractivity contribution in [2.24, 2.45) is 5.73 Å². The zero-order valence-corrected chi connectivity index (χ0v) is 12.0. The number of hydrogen-bond donors (Lipinski definition) is 1. The summed E-state index contributed by atoms with van der Waals surface area (Å²) in [6, 6.07) is 5.05. The lowest BCUT2D eigenvalue weighted by Gasteiger charge is -2.37. The molecule has 1 aromatic carbocycles. The van der Waals surface area contributed by atoms with Gasteiger partial charge in [-0.15, -0.1) is 0 Å². The normalized spacial score (nSPS) is 26.2. The fourth-order valence-corrected chi connectivity index (χ4v) is 3.92. The van der Waals surface area contributed by atoms with Crippen LogP contribution >= 0.6 is 11.8 Å². The Bertz CT molecular complexity index is 412. The van der Waals surface area contributed by atoms with Gasteiger partial charge in [-0.3, -0.25) is 0 Å². The van der Waals surface area contributed by atoms with E-state index < -0.39 is 0 Å². The van der Waals surface area contributed by atoms with Crippen LogP contribution < -0.4 is 10.6 Å². The molecular weight excluding hydrogens is 247 g/mol. The largest absolute Gasteiger partial charge is 0.367 e. The molecule has 100 valence electrons. The van der Waals surface area contributed by atoms with Crippen LogP contribution in [0.15, 0.2) is 18.2 Å². The monoisotopic (exact) mass is 268 g/mol. The third-order valence-electron chi connectivity index (χ3n) is 3.24. The molecule has 1 aliphatic heterocycles. The number of thioether (sulfide) groups is 1. The van der Waals surface area contributed by atoms with Crippen LogP contribution in [0.5, 0.6) is 0 Å². The zero-order chi connectivity index (χ0) is 13.3. The highest BCUT2D eigenvalue weighted by Crippen LogP contribution is 2.34. The standard InChI is InChI=1S/C14H21FN2S/c1-9-7-17(8-10(2)18-9)14-12(11(3)16)5-4-6-13(14)15/h4-6,9-11H,7-8,16H2,1-3H3/t9?,10?,11-/m0/s1. The summed E-state index contributed by atoms with van der Waals surface area (Å²) in [5, 5.41) is 1.04. The number of rotatable bonds is 2. The lowest BCUT2D eigenvalue weighted by Crippen LogP contribution is -2.41. The van der Waals surface area contributed by atoms with Crippen LogP contribution in [0, 0.1) is 5.82 Å². The summed E-state index contributed by atoms with van der Waals surface area (Å²) in [6.45, 7) is 8.06. The van der Waals surface area contributed by atoms with Gasteiger partial charge in [0.15, 0.2) is 0 Å². The van der Waals surface area contributed by atoms with Crippen LogP contribution in [0.4, 0.5) is 10.1 Å². The zero-order valence-electron chi connectivity index (χ0n) is 11.2. The van der Waals surface area contributed by atoms with E-state index in [0.29, 0.717) is 16.2 Å². The topological polar surface area (TPSA) is 29.3 Å². The van der Waals surface area contributed by atoms with Gasteiger partial charge in [0, 0.05) is 29.6 Å². The highest BCUT2D eigenvalue weighted by molar-refractivity contribution is 8.00. The third kappa shape index (κ3) is 2.81. The van der Waals surface area contributed by atoms with E-state index in [1.54, 1.807) is 6.07 Å². The molecule has 2 N–H and O–H groups in total. The van der Waals surface area contributed by atoms with Crippen molar-refractivity contribution in [1.82, 2.24) is 0 Å². The molecule has 0 amide bonds. The summed E-state index contributed by atoms with van der Waals surface area (Å²) in [5.41, 5.74) is 7.57. The number of para-hydroxylation sites is 1. The first-order valence-electron chi connectivity index (χ1n) is 6.43. The van der Waals surface area contributed by atoms with Gasteiger partial charge in [-0.05, 0) is 18.6 Å². The summed E-state index contributed by atoms with van der Waals surface area (Å²) in [7, 11) is 0. The first-order valence-corrected chi connectivity index (χ1v) is 7.37. The number of hydrogen-bond acceptors (Lipinski definition) is 3. The van der Waals surface area contributed by atoms with Crippen LogP contribution in [-0.2, 0) is 0 Å². The average Bonchev–Trinajstić information content (AvgIpc) is 2.26. The van der Waals surface area contributed by atoms with Gasteiger partial charge in [-0.25, -0.2) is 4.39 Å². The van der Waals surface area contributed by atoms with Crippen molar-refractivity contribution in [1.29, 1.82) is 0 Å². The van der Waals surface area contributed by atoms with Crippen molar-refractivity contribution in [3.05, 3.63) is 29.6 Å². The van der Waals surface area contributed by atoms with E-state index in [9.17, 15) is 4.39 Å². The van der Waals surface area contributed by atoms with E-state index >= 15 is 0 Å². The van der Waals surface area contributed by atoms with E-state index in [4.69, 9.17) is 5.73 Å². The minimum absolute atomic E-state index is 0.143. The summed E-state index contributed by atoms with van der Waals surface area (Å²) in [6.07, 6.45) is 0. The molecule has 1 saturated heterocycles. The van der Waals surface area contributed by atoms with Gasteiger partial charge in [0.25, 0.3) is 0 Å². The molecule has 0 aliphatic carbocycles. The maximum atomic E-state index is 14.1. The van der Waals surface area contributed by atoms with Crippen LogP contribution in [0.3, 0.4) is 0 Å².